The molecule has 0 atom stereocenters. The van der Waals surface area contributed by atoms with Crippen molar-refractivity contribution in [2.24, 2.45) is 0 Å². The summed E-state index contributed by atoms with van der Waals surface area (Å²) in [7, 11) is -3.10. The summed E-state index contributed by atoms with van der Waals surface area (Å²) in [5, 5.41) is 0. The second-order valence-electron chi connectivity index (χ2n) is 4.05. The van der Waals surface area contributed by atoms with Gasteiger partial charge < -0.3 is 0 Å². The van der Waals surface area contributed by atoms with E-state index in [1.165, 1.54) is 4.31 Å². The maximum Gasteiger partial charge on any atom is 0.214 e. The molecule has 2 heterocycles. The molecule has 5 heteroatoms. The van der Waals surface area contributed by atoms with Gasteiger partial charge in [-0.2, -0.15) is 4.31 Å². The van der Waals surface area contributed by atoms with Crippen molar-refractivity contribution in [3.63, 3.8) is 0 Å². The SMILES string of the molecule is CCCCS(=O)(=O)N1Cc2cccnc2C1. The number of rotatable bonds is 4. The Labute approximate surface area is 96.4 Å². The van der Waals surface area contributed by atoms with Gasteiger partial charge in [0, 0.05) is 12.7 Å². The molecule has 0 aliphatic carbocycles. The average molecular weight is 240 g/mol. The predicted octanol–water partition coefficient (Wildman–Crippen LogP) is 1.53. The summed E-state index contributed by atoms with van der Waals surface area (Å²) in [6.45, 7) is 2.91. The van der Waals surface area contributed by atoms with Gasteiger partial charge in [0.15, 0.2) is 0 Å². The molecule has 1 aromatic heterocycles. The Hall–Kier alpha value is -0.940. The van der Waals surface area contributed by atoms with Crippen molar-refractivity contribution < 1.29 is 8.42 Å². The fraction of sp³-hybridized carbons (Fsp3) is 0.545. The number of sulfonamides is 1. The van der Waals surface area contributed by atoms with Gasteiger partial charge in [0.1, 0.15) is 0 Å². The second-order valence-corrected chi connectivity index (χ2v) is 6.14. The normalized spacial score (nSPS) is 16.3. The van der Waals surface area contributed by atoms with Gasteiger partial charge in [-0.1, -0.05) is 19.4 Å². The van der Waals surface area contributed by atoms with E-state index in [1.807, 2.05) is 19.1 Å². The van der Waals surface area contributed by atoms with Crippen LogP contribution in [0.5, 0.6) is 0 Å². The third-order valence-corrected chi connectivity index (χ3v) is 4.66. The molecule has 0 radical (unpaired) electrons. The molecule has 0 saturated heterocycles. The van der Waals surface area contributed by atoms with Crippen LogP contribution >= 0.6 is 0 Å². The van der Waals surface area contributed by atoms with Crippen molar-refractivity contribution >= 4 is 10.0 Å². The van der Waals surface area contributed by atoms with Crippen LogP contribution in [-0.2, 0) is 23.1 Å². The molecule has 0 bridgehead atoms. The first kappa shape index (κ1) is 11.5. The Balaban J connectivity index is 2.11. The van der Waals surface area contributed by atoms with Gasteiger partial charge >= 0.3 is 0 Å². The summed E-state index contributed by atoms with van der Waals surface area (Å²) in [6, 6.07) is 3.79. The highest BCUT2D eigenvalue weighted by Gasteiger charge is 2.28. The van der Waals surface area contributed by atoms with Crippen LogP contribution in [0.25, 0.3) is 0 Å². The number of hydrogen-bond donors (Lipinski definition) is 0. The Morgan fingerprint density at radius 1 is 1.44 bits per heavy atom. The lowest BCUT2D eigenvalue weighted by Gasteiger charge is -2.14. The molecule has 1 aliphatic rings. The summed E-state index contributed by atoms with van der Waals surface area (Å²) in [4.78, 5) is 4.20. The number of hydrogen-bond acceptors (Lipinski definition) is 3. The lowest BCUT2D eigenvalue weighted by Crippen LogP contribution is -2.28. The molecule has 2 rings (SSSR count). The number of fused-ring (bicyclic) bond motifs is 1. The molecular formula is C11H16N2O2S. The van der Waals surface area contributed by atoms with Gasteiger partial charge in [0.05, 0.1) is 18.0 Å². The zero-order valence-corrected chi connectivity index (χ0v) is 10.2. The number of unbranched alkanes of at least 4 members (excludes halogenated alkanes) is 1. The highest BCUT2D eigenvalue weighted by Crippen LogP contribution is 2.23. The topological polar surface area (TPSA) is 50.3 Å². The minimum absolute atomic E-state index is 0.248. The van der Waals surface area contributed by atoms with E-state index in [4.69, 9.17) is 0 Å². The smallest absolute Gasteiger partial charge is 0.214 e. The fourth-order valence-corrected chi connectivity index (χ4v) is 3.39. The van der Waals surface area contributed by atoms with Crippen LogP contribution in [0.4, 0.5) is 0 Å². The van der Waals surface area contributed by atoms with Gasteiger partial charge in [-0.3, -0.25) is 4.98 Å². The second kappa shape index (κ2) is 4.51. The highest BCUT2D eigenvalue weighted by atomic mass is 32.2. The zero-order chi connectivity index (χ0) is 11.6. The van der Waals surface area contributed by atoms with Crippen molar-refractivity contribution in [3.05, 3.63) is 29.6 Å². The maximum atomic E-state index is 12.0. The molecule has 0 fully saturated rings. The molecule has 0 spiro atoms. The molecule has 1 aromatic rings. The molecule has 0 unspecified atom stereocenters. The van der Waals surface area contributed by atoms with Gasteiger partial charge in [-0.25, -0.2) is 8.42 Å². The average Bonchev–Trinajstić information content (AvgIpc) is 2.71. The van der Waals surface area contributed by atoms with Crippen LogP contribution in [0.3, 0.4) is 0 Å². The van der Waals surface area contributed by atoms with Gasteiger partial charge in [0.25, 0.3) is 0 Å². The number of aromatic nitrogens is 1. The third-order valence-electron chi connectivity index (χ3n) is 2.81. The van der Waals surface area contributed by atoms with E-state index in [9.17, 15) is 8.42 Å². The fourth-order valence-electron chi connectivity index (χ4n) is 1.82. The summed E-state index contributed by atoms with van der Waals surface area (Å²) in [5.74, 6) is 0.248. The minimum Gasteiger partial charge on any atom is -0.260 e. The standard InChI is InChI=1S/C11H16N2O2S/c1-2-3-7-16(14,15)13-8-10-5-4-6-12-11(10)9-13/h4-6H,2-3,7-9H2,1H3. The van der Waals surface area contributed by atoms with E-state index < -0.39 is 10.0 Å². The van der Waals surface area contributed by atoms with Crippen LogP contribution in [0.15, 0.2) is 18.3 Å². The Bertz CT molecular complexity index is 446. The van der Waals surface area contributed by atoms with Gasteiger partial charge in [-0.05, 0) is 18.1 Å². The molecule has 0 N–H and O–H groups in total. The number of pyridine rings is 1. The lowest BCUT2D eigenvalue weighted by atomic mass is 10.2. The van der Waals surface area contributed by atoms with Crippen molar-refractivity contribution in [2.75, 3.05) is 5.75 Å². The van der Waals surface area contributed by atoms with Crippen LogP contribution < -0.4 is 0 Å². The summed E-state index contributed by atoms with van der Waals surface area (Å²) in [6.07, 6.45) is 3.34. The lowest BCUT2D eigenvalue weighted by molar-refractivity contribution is 0.428. The Morgan fingerprint density at radius 2 is 2.25 bits per heavy atom. The van der Waals surface area contributed by atoms with Crippen LogP contribution in [0.2, 0.25) is 0 Å². The van der Waals surface area contributed by atoms with Crippen molar-refractivity contribution in [2.45, 2.75) is 32.9 Å². The molecule has 16 heavy (non-hydrogen) atoms. The van der Waals surface area contributed by atoms with E-state index in [-0.39, 0.29) is 5.75 Å². The van der Waals surface area contributed by atoms with E-state index in [2.05, 4.69) is 4.98 Å². The summed E-state index contributed by atoms with van der Waals surface area (Å²) < 4.78 is 25.4. The Morgan fingerprint density at radius 3 is 2.94 bits per heavy atom. The Kier molecular flexibility index (Phi) is 3.25. The first-order valence-corrected chi connectivity index (χ1v) is 7.15. The molecule has 0 saturated carbocycles. The zero-order valence-electron chi connectivity index (χ0n) is 9.39. The first-order chi connectivity index (χ1) is 7.63. The van der Waals surface area contributed by atoms with Crippen LogP contribution in [0.1, 0.15) is 31.0 Å². The van der Waals surface area contributed by atoms with E-state index in [1.54, 1.807) is 6.20 Å². The van der Waals surface area contributed by atoms with Crippen molar-refractivity contribution in [3.8, 4) is 0 Å². The molecular weight excluding hydrogens is 224 g/mol. The van der Waals surface area contributed by atoms with Gasteiger partial charge in [0.2, 0.25) is 10.0 Å². The maximum absolute atomic E-state index is 12.0. The highest BCUT2D eigenvalue weighted by molar-refractivity contribution is 7.89. The molecule has 4 nitrogen and oxygen atoms in total. The van der Waals surface area contributed by atoms with Crippen LogP contribution in [0, 0.1) is 0 Å². The molecule has 88 valence electrons. The summed E-state index contributed by atoms with van der Waals surface area (Å²) >= 11 is 0. The monoisotopic (exact) mass is 240 g/mol. The molecule has 1 aliphatic heterocycles. The molecule has 0 amide bonds. The van der Waals surface area contributed by atoms with Crippen molar-refractivity contribution in [1.29, 1.82) is 0 Å². The quantitative estimate of drug-likeness (QED) is 0.802. The van der Waals surface area contributed by atoms with Gasteiger partial charge in [-0.15, -0.1) is 0 Å². The molecule has 0 aromatic carbocycles. The van der Waals surface area contributed by atoms with Crippen LogP contribution in [-0.4, -0.2) is 23.5 Å². The van der Waals surface area contributed by atoms with Crippen molar-refractivity contribution in [1.82, 2.24) is 9.29 Å². The first-order valence-electron chi connectivity index (χ1n) is 5.54. The van der Waals surface area contributed by atoms with E-state index in [0.717, 1.165) is 24.1 Å². The van der Waals surface area contributed by atoms with E-state index >= 15 is 0 Å². The number of nitrogens with zero attached hydrogens (tertiary/aromatic N) is 2. The largest absolute Gasteiger partial charge is 0.260 e. The predicted molar refractivity (Wildman–Crippen MR) is 62.2 cm³/mol. The summed E-state index contributed by atoms with van der Waals surface area (Å²) in [5.41, 5.74) is 1.92. The third kappa shape index (κ3) is 2.25. The van der Waals surface area contributed by atoms with E-state index in [0.29, 0.717) is 13.1 Å². The minimum atomic E-state index is -3.10.